The molecule has 0 aromatic heterocycles. The molecule has 0 saturated heterocycles. The van der Waals surface area contributed by atoms with E-state index in [1.54, 1.807) is 12.1 Å². The molecule has 4 rings (SSSR count). The highest BCUT2D eigenvalue weighted by molar-refractivity contribution is 6.04. The second-order valence-electron chi connectivity index (χ2n) is 6.64. The highest BCUT2D eigenvalue weighted by atomic mass is 16.5. The van der Waals surface area contributed by atoms with Gasteiger partial charge >= 0.3 is 0 Å². The third kappa shape index (κ3) is 3.65. The van der Waals surface area contributed by atoms with Crippen molar-refractivity contribution < 1.29 is 14.3 Å². The third-order valence-electron chi connectivity index (χ3n) is 4.56. The number of anilines is 1. The van der Waals surface area contributed by atoms with Gasteiger partial charge in [0.1, 0.15) is 12.4 Å². The number of fused-ring (bicyclic) bond motifs is 1. The van der Waals surface area contributed by atoms with Crippen molar-refractivity contribution in [2.75, 3.05) is 11.9 Å². The van der Waals surface area contributed by atoms with Gasteiger partial charge in [-0.2, -0.15) is 0 Å². The molecule has 1 aliphatic heterocycles. The topological polar surface area (TPSA) is 67.4 Å². The molecule has 2 amide bonds. The Morgan fingerprint density at radius 2 is 1.84 bits per heavy atom. The summed E-state index contributed by atoms with van der Waals surface area (Å²) in [4.78, 5) is 24.5. The number of hydrogen-bond donors (Lipinski definition) is 2. The fourth-order valence-corrected chi connectivity index (χ4v) is 2.98. The first-order valence-electron chi connectivity index (χ1n) is 8.61. The molecular formula is C20H20N2O3. The monoisotopic (exact) mass is 336 g/mol. The van der Waals surface area contributed by atoms with Gasteiger partial charge in [-0.1, -0.05) is 18.2 Å². The number of nitrogens with one attached hydrogen (secondary N) is 2. The molecule has 2 aliphatic rings. The van der Waals surface area contributed by atoms with Gasteiger partial charge in [-0.3, -0.25) is 9.59 Å². The Bertz CT molecular complexity index is 800. The molecule has 25 heavy (non-hydrogen) atoms. The second kappa shape index (κ2) is 6.59. The Kier molecular flexibility index (Phi) is 4.14. The number of carbonyl (C=O) groups excluding carboxylic acids is 2. The summed E-state index contributed by atoms with van der Waals surface area (Å²) in [6.45, 7) is 0.404. The average Bonchev–Trinajstić information content (AvgIpc) is 3.45. The van der Waals surface area contributed by atoms with Crippen LogP contribution in [0.4, 0.5) is 5.69 Å². The summed E-state index contributed by atoms with van der Waals surface area (Å²) in [7, 11) is 0. The summed E-state index contributed by atoms with van der Waals surface area (Å²) in [6.07, 6.45) is 2.78. The van der Waals surface area contributed by atoms with E-state index in [0.717, 1.165) is 24.2 Å². The summed E-state index contributed by atoms with van der Waals surface area (Å²) in [5.41, 5.74) is 2.27. The number of amides is 2. The van der Waals surface area contributed by atoms with Crippen molar-refractivity contribution in [2.24, 2.45) is 5.92 Å². The largest absolute Gasteiger partial charge is 0.492 e. The van der Waals surface area contributed by atoms with Crippen LogP contribution >= 0.6 is 0 Å². The van der Waals surface area contributed by atoms with Gasteiger partial charge in [-0.05, 0) is 55.2 Å². The fourth-order valence-electron chi connectivity index (χ4n) is 2.98. The first-order chi connectivity index (χ1) is 12.2. The van der Waals surface area contributed by atoms with E-state index in [0.29, 0.717) is 30.3 Å². The van der Waals surface area contributed by atoms with Gasteiger partial charge in [0.25, 0.3) is 5.91 Å². The molecule has 1 atom stereocenters. The third-order valence-corrected chi connectivity index (χ3v) is 4.56. The van der Waals surface area contributed by atoms with Crippen LogP contribution in [0, 0.1) is 5.92 Å². The lowest BCUT2D eigenvalue weighted by Crippen LogP contribution is -2.38. The van der Waals surface area contributed by atoms with Gasteiger partial charge in [0.15, 0.2) is 0 Å². The standard InChI is InChI=1S/C20H20N2O3/c23-19(13-4-2-1-3-5-13)22-17-8-9-18-14(11-17)10-15(12-25-18)20(24)21-16-6-7-16/h1-5,8-9,11,15-16H,6-7,10,12H2,(H,21,24)(H,22,23). The normalized spacial score (nSPS) is 18.6. The number of rotatable bonds is 4. The van der Waals surface area contributed by atoms with Crippen molar-refractivity contribution in [1.29, 1.82) is 0 Å². The minimum absolute atomic E-state index is 0.0619. The Morgan fingerprint density at radius 3 is 2.60 bits per heavy atom. The Morgan fingerprint density at radius 1 is 1.04 bits per heavy atom. The van der Waals surface area contributed by atoms with Crippen molar-refractivity contribution in [3.05, 3.63) is 59.7 Å². The molecule has 0 radical (unpaired) electrons. The molecule has 2 aromatic rings. The van der Waals surface area contributed by atoms with E-state index in [2.05, 4.69) is 10.6 Å². The van der Waals surface area contributed by atoms with Crippen LogP contribution in [0.2, 0.25) is 0 Å². The van der Waals surface area contributed by atoms with Crippen LogP contribution in [-0.4, -0.2) is 24.5 Å². The Labute approximate surface area is 146 Å². The van der Waals surface area contributed by atoms with Crippen molar-refractivity contribution in [2.45, 2.75) is 25.3 Å². The minimum Gasteiger partial charge on any atom is -0.492 e. The van der Waals surface area contributed by atoms with Crippen LogP contribution in [-0.2, 0) is 11.2 Å². The quantitative estimate of drug-likeness (QED) is 0.902. The van der Waals surface area contributed by atoms with Crippen molar-refractivity contribution in [3.63, 3.8) is 0 Å². The van der Waals surface area contributed by atoms with E-state index in [1.165, 1.54) is 0 Å². The summed E-state index contributed by atoms with van der Waals surface area (Å²) in [6, 6.07) is 15.0. The molecule has 2 aromatic carbocycles. The summed E-state index contributed by atoms with van der Waals surface area (Å²) >= 11 is 0. The van der Waals surface area contributed by atoms with E-state index < -0.39 is 0 Å². The van der Waals surface area contributed by atoms with Gasteiger partial charge in [-0.15, -0.1) is 0 Å². The Hall–Kier alpha value is -2.82. The summed E-state index contributed by atoms with van der Waals surface area (Å²) in [5, 5.41) is 5.93. The van der Waals surface area contributed by atoms with Gasteiger partial charge < -0.3 is 15.4 Å². The lowest BCUT2D eigenvalue weighted by molar-refractivity contribution is -0.126. The molecule has 2 N–H and O–H groups in total. The van der Waals surface area contributed by atoms with Crippen LogP contribution in [0.15, 0.2) is 48.5 Å². The lowest BCUT2D eigenvalue weighted by Gasteiger charge is -2.25. The molecule has 1 unspecified atom stereocenters. The van der Waals surface area contributed by atoms with Crippen LogP contribution in [0.5, 0.6) is 5.75 Å². The molecule has 0 bridgehead atoms. The van der Waals surface area contributed by atoms with Crippen LogP contribution in [0.1, 0.15) is 28.8 Å². The zero-order valence-corrected chi connectivity index (χ0v) is 13.8. The van der Waals surface area contributed by atoms with Crippen molar-refractivity contribution >= 4 is 17.5 Å². The van der Waals surface area contributed by atoms with Crippen LogP contribution in [0.3, 0.4) is 0 Å². The SMILES string of the molecule is O=C(Nc1ccc2c(c1)CC(C(=O)NC1CC1)CO2)c1ccccc1. The first kappa shape index (κ1) is 15.7. The fraction of sp³-hybridized carbons (Fsp3) is 0.300. The highest BCUT2D eigenvalue weighted by Crippen LogP contribution is 2.31. The number of hydrogen-bond acceptors (Lipinski definition) is 3. The minimum atomic E-state index is -0.173. The summed E-state index contributed by atoms with van der Waals surface area (Å²) < 4.78 is 5.73. The maximum atomic E-state index is 12.3. The zero-order chi connectivity index (χ0) is 17.2. The molecule has 1 fully saturated rings. The molecule has 1 heterocycles. The predicted octanol–water partition coefficient (Wildman–Crippen LogP) is 2.77. The van der Waals surface area contributed by atoms with E-state index in [9.17, 15) is 9.59 Å². The molecule has 1 aliphatic carbocycles. The number of benzene rings is 2. The van der Waals surface area contributed by atoms with E-state index in [4.69, 9.17) is 4.74 Å². The van der Waals surface area contributed by atoms with E-state index >= 15 is 0 Å². The number of carbonyl (C=O) groups is 2. The van der Waals surface area contributed by atoms with Crippen molar-refractivity contribution in [1.82, 2.24) is 5.32 Å². The molecule has 0 spiro atoms. The lowest BCUT2D eigenvalue weighted by atomic mass is 9.95. The van der Waals surface area contributed by atoms with Gasteiger partial charge in [0, 0.05) is 17.3 Å². The smallest absolute Gasteiger partial charge is 0.255 e. The Balaban J connectivity index is 1.46. The van der Waals surface area contributed by atoms with Gasteiger partial charge in [0.2, 0.25) is 5.91 Å². The van der Waals surface area contributed by atoms with Crippen LogP contribution in [0.25, 0.3) is 0 Å². The number of ether oxygens (including phenoxy) is 1. The molecule has 5 heteroatoms. The van der Waals surface area contributed by atoms with E-state index in [1.807, 2.05) is 36.4 Å². The predicted molar refractivity (Wildman–Crippen MR) is 94.7 cm³/mol. The van der Waals surface area contributed by atoms with Gasteiger partial charge in [-0.25, -0.2) is 0 Å². The zero-order valence-electron chi connectivity index (χ0n) is 13.8. The maximum Gasteiger partial charge on any atom is 0.255 e. The maximum absolute atomic E-state index is 12.3. The van der Waals surface area contributed by atoms with Gasteiger partial charge in [0.05, 0.1) is 5.92 Å². The molecule has 128 valence electrons. The first-order valence-corrected chi connectivity index (χ1v) is 8.61. The van der Waals surface area contributed by atoms with Crippen molar-refractivity contribution in [3.8, 4) is 5.75 Å². The average molecular weight is 336 g/mol. The summed E-state index contributed by atoms with van der Waals surface area (Å²) in [5.74, 6) is 0.522. The highest BCUT2D eigenvalue weighted by Gasteiger charge is 2.30. The molecule has 5 nitrogen and oxygen atoms in total. The van der Waals surface area contributed by atoms with Crippen LogP contribution < -0.4 is 15.4 Å². The van der Waals surface area contributed by atoms with E-state index in [-0.39, 0.29) is 17.7 Å². The second-order valence-corrected chi connectivity index (χ2v) is 6.64. The molecule has 1 saturated carbocycles. The molecular weight excluding hydrogens is 316 g/mol.